The van der Waals surface area contributed by atoms with Crippen LogP contribution < -0.4 is 4.90 Å². The van der Waals surface area contributed by atoms with Gasteiger partial charge in [0.05, 0.1) is 0 Å². The van der Waals surface area contributed by atoms with Crippen LogP contribution in [-0.4, -0.2) is 7.05 Å². The van der Waals surface area contributed by atoms with Crippen LogP contribution >= 0.6 is 0 Å². The standard InChI is InChI=1S/C44H49N/c1-5-7-9-14-30-44(29-13-8-6-2)42-31-36(34-19-17-33(3)18-20-34)23-27-40(42)41-28-24-37(32-43(41)44)35-21-25-39(26-22-35)45(4)38-15-11-10-12-16-38/h10-12,15-28,31-32H,5-9,13-14,29-30H2,1-4H3. The summed E-state index contributed by atoms with van der Waals surface area (Å²) >= 11 is 0. The molecule has 0 saturated heterocycles. The Kier molecular flexibility index (Phi) is 9.55. The molecule has 0 saturated carbocycles. The highest BCUT2D eigenvalue weighted by Crippen LogP contribution is 2.55. The van der Waals surface area contributed by atoms with Gasteiger partial charge in [-0.1, -0.05) is 143 Å². The van der Waals surface area contributed by atoms with Gasteiger partial charge in [-0.15, -0.1) is 0 Å². The van der Waals surface area contributed by atoms with E-state index in [0.717, 1.165) is 0 Å². The Balaban J connectivity index is 1.42. The number of anilines is 2. The second-order valence-electron chi connectivity index (χ2n) is 13.2. The number of aryl methyl sites for hydroxylation is 1. The van der Waals surface area contributed by atoms with Crippen LogP contribution in [0.5, 0.6) is 0 Å². The van der Waals surface area contributed by atoms with Crippen molar-refractivity contribution in [1.29, 1.82) is 0 Å². The van der Waals surface area contributed by atoms with Crippen molar-refractivity contribution in [2.45, 2.75) is 84.0 Å². The van der Waals surface area contributed by atoms with Gasteiger partial charge in [0.15, 0.2) is 0 Å². The number of unbranched alkanes of at least 4 members (excludes halogenated alkanes) is 5. The minimum Gasteiger partial charge on any atom is -0.345 e. The first kappa shape index (κ1) is 30.9. The summed E-state index contributed by atoms with van der Waals surface area (Å²) < 4.78 is 0. The third kappa shape index (κ3) is 6.36. The van der Waals surface area contributed by atoms with E-state index in [1.807, 2.05) is 0 Å². The van der Waals surface area contributed by atoms with Crippen LogP contribution in [0, 0.1) is 6.92 Å². The van der Waals surface area contributed by atoms with E-state index in [1.165, 1.54) is 108 Å². The Hall–Kier alpha value is -4.10. The summed E-state index contributed by atoms with van der Waals surface area (Å²) in [6.45, 7) is 6.82. The van der Waals surface area contributed by atoms with Gasteiger partial charge in [-0.2, -0.15) is 0 Å². The molecule has 6 rings (SSSR count). The highest BCUT2D eigenvalue weighted by molar-refractivity contribution is 5.86. The zero-order valence-corrected chi connectivity index (χ0v) is 27.8. The van der Waals surface area contributed by atoms with Crippen molar-refractivity contribution < 1.29 is 0 Å². The van der Waals surface area contributed by atoms with Crippen molar-refractivity contribution in [3.05, 3.63) is 132 Å². The summed E-state index contributed by atoms with van der Waals surface area (Å²) in [6.07, 6.45) is 11.4. The molecule has 0 N–H and O–H groups in total. The van der Waals surface area contributed by atoms with Crippen LogP contribution in [-0.2, 0) is 5.41 Å². The molecular formula is C44H49N. The van der Waals surface area contributed by atoms with E-state index < -0.39 is 0 Å². The Bertz CT molecular complexity index is 1700. The molecule has 5 aromatic rings. The van der Waals surface area contributed by atoms with Gasteiger partial charge in [0, 0.05) is 23.8 Å². The molecule has 1 nitrogen and oxygen atoms in total. The predicted molar refractivity (Wildman–Crippen MR) is 196 cm³/mol. The first-order chi connectivity index (χ1) is 22.0. The molecule has 1 atom stereocenters. The van der Waals surface area contributed by atoms with Gasteiger partial charge in [0.25, 0.3) is 0 Å². The number of nitrogens with zero attached hydrogens (tertiary/aromatic N) is 1. The monoisotopic (exact) mass is 591 g/mol. The van der Waals surface area contributed by atoms with Gasteiger partial charge in [0.1, 0.15) is 0 Å². The molecule has 0 aromatic heterocycles. The lowest BCUT2D eigenvalue weighted by Gasteiger charge is -2.33. The number of rotatable bonds is 13. The molecule has 1 aliphatic carbocycles. The average Bonchev–Trinajstić information content (AvgIpc) is 3.35. The Morgan fingerprint density at radius 3 is 1.51 bits per heavy atom. The molecule has 0 radical (unpaired) electrons. The summed E-state index contributed by atoms with van der Waals surface area (Å²) in [6, 6.07) is 43.4. The van der Waals surface area contributed by atoms with Gasteiger partial charge < -0.3 is 4.90 Å². The third-order valence-electron chi connectivity index (χ3n) is 10.1. The van der Waals surface area contributed by atoms with Crippen molar-refractivity contribution in [1.82, 2.24) is 0 Å². The van der Waals surface area contributed by atoms with Crippen LogP contribution in [0.3, 0.4) is 0 Å². The van der Waals surface area contributed by atoms with Gasteiger partial charge >= 0.3 is 0 Å². The zero-order valence-electron chi connectivity index (χ0n) is 27.8. The number of hydrogen-bond acceptors (Lipinski definition) is 1. The molecule has 45 heavy (non-hydrogen) atoms. The van der Waals surface area contributed by atoms with E-state index in [9.17, 15) is 0 Å². The lowest BCUT2D eigenvalue weighted by atomic mass is 9.70. The summed E-state index contributed by atoms with van der Waals surface area (Å²) in [4.78, 5) is 2.25. The van der Waals surface area contributed by atoms with Gasteiger partial charge in [-0.05, 0) is 101 Å². The van der Waals surface area contributed by atoms with E-state index in [4.69, 9.17) is 0 Å². The molecule has 0 heterocycles. The zero-order chi connectivity index (χ0) is 31.2. The first-order valence-electron chi connectivity index (χ1n) is 17.3. The highest BCUT2D eigenvalue weighted by atomic mass is 15.1. The van der Waals surface area contributed by atoms with Crippen LogP contribution in [0.4, 0.5) is 11.4 Å². The van der Waals surface area contributed by atoms with E-state index in [-0.39, 0.29) is 5.41 Å². The van der Waals surface area contributed by atoms with Crippen LogP contribution in [0.1, 0.15) is 88.3 Å². The Labute approximate surface area is 272 Å². The molecule has 1 unspecified atom stereocenters. The van der Waals surface area contributed by atoms with Crippen LogP contribution in [0.2, 0.25) is 0 Å². The fourth-order valence-electron chi connectivity index (χ4n) is 7.47. The molecule has 0 fully saturated rings. The van der Waals surface area contributed by atoms with E-state index in [0.29, 0.717) is 0 Å². The topological polar surface area (TPSA) is 3.24 Å². The Morgan fingerprint density at radius 2 is 0.956 bits per heavy atom. The second-order valence-corrected chi connectivity index (χ2v) is 13.2. The SMILES string of the molecule is CCCCCCC1(CCCCC)c2cc(-c3ccc(C)cc3)ccc2-c2ccc(-c3ccc(N(C)c4ccccc4)cc3)cc21. The molecule has 5 aromatic carbocycles. The minimum atomic E-state index is 0.0533. The smallest absolute Gasteiger partial charge is 0.0408 e. The van der Waals surface area contributed by atoms with E-state index >= 15 is 0 Å². The molecule has 230 valence electrons. The maximum atomic E-state index is 2.56. The molecule has 1 heteroatoms. The number of benzene rings is 5. The molecule has 1 aliphatic rings. The van der Waals surface area contributed by atoms with Gasteiger partial charge in [-0.3, -0.25) is 0 Å². The maximum absolute atomic E-state index is 2.56. The lowest BCUT2D eigenvalue weighted by Crippen LogP contribution is -2.25. The minimum absolute atomic E-state index is 0.0533. The summed E-state index contributed by atoms with van der Waals surface area (Å²) in [5, 5.41) is 0. The molecule has 0 amide bonds. The van der Waals surface area contributed by atoms with Crippen molar-refractivity contribution in [3.8, 4) is 33.4 Å². The number of para-hydroxylation sites is 1. The normalized spacial score (nSPS) is 15.1. The Morgan fingerprint density at radius 1 is 0.489 bits per heavy atom. The third-order valence-corrected chi connectivity index (χ3v) is 10.1. The molecule has 0 bridgehead atoms. The first-order valence-corrected chi connectivity index (χ1v) is 17.3. The molecule has 0 spiro atoms. The average molecular weight is 592 g/mol. The fourth-order valence-corrected chi connectivity index (χ4v) is 7.47. The van der Waals surface area contributed by atoms with Crippen molar-refractivity contribution in [2.75, 3.05) is 11.9 Å². The summed E-state index contributed by atoms with van der Waals surface area (Å²) in [5.74, 6) is 0. The number of fused-ring (bicyclic) bond motifs is 3. The fraction of sp³-hybridized carbons (Fsp3) is 0.318. The lowest BCUT2D eigenvalue weighted by molar-refractivity contribution is 0.403. The molecule has 0 aliphatic heterocycles. The maximum Gasteiger partial charge on any atom is 0.0408 e. The van der Waals surface area contributed by atoms with Crippen LogP contribution in [0.25, 0.3) is 33.4 Å². The van der Waals surface area contributed by atoms with Crippen molar-refractivity contribution in [3.63, 3.8) is 0 Å². The van der Waals surface area contributed by atoms with Crippen molar-refractivity contribution in [2.24, 2.45) is 0 Å². The van der Waals surface area contributed by atoms with Crippen LogP contribution in [0.15, 0.2) is 115 Å². The van der Waals surface area contributed by atoms with Gasteiger partial charge in [0.2, 0.25) is 0 Å². The van der Waals surface area contributed by atoms with E-state index in [1.54, 1.807) is 11.1 Å². The molecular weight excluding hydrogens is 542 g/mol. The summed E-state index contributed by atoms with van der Waals surface area (Å²) in [5.41, 5.74) is 15.0. The van der Waals surface area contributed by atoms with E-state index in [2.05, 4.69) is 148 Å². The second kappa shape index (κ2) is 13.9. The summed E-state index contributed by atoms with van der Waals surface area (Å²) in [7, 11) is 2.14. The largest absolute Gasteiger partial charge is 0.345 e. The quantitative estimate of drug-likeness (QED) is 0.123. The highest BCUT2D eigenvalue weighted by Gasteiger charge is 2.42. The van der Waals surface area contributed by atoms with Gasteiger partial charge in [-0.25, -0.2) is 0 Å². The predicted octanol–water partition coefficient (Wildman–Crippen LogP) is 12.9. The number of hydrogen-bond donors (Lipinski definition) is 0. The van der Waals surface area contributed by atoms with Crippen molar-refractivity contribution >= 4 is 11.4 Å².